The van der Waals surface area contributed by atoms with Crippen LogP contribution >= 0.6 is 0 Å². The van der Waals surface area contributed by atoms with E-state index >= 15 is 0 Å². The number of benzene rings is 2. The van der Waals surface area contributed by atoms with E-state index in [2.05, 4.69) is 15.9 Å². The molecule has 0 saturated heterocycles. The van der Waals surface area contributed by atoms with Crippen molar-refractivity contribution in [3.8, 4) is 17.1 Å². The second-order valence-corrected chi connectivity index (χ2v) is 6.74. The molecule has 2 aromatic carbocycles. The summed E-state index contributed by atoms with van der Waals surface area (Å²) >= 11 is 0. The fourth-order valence-corrected chi connectivity index (χ4v) is 2.53. The maximum absolute atomic E-state index is 8.45. The van der Waals surface area contributed by atoms with Crippen LogP contribution in [0.15, 0.2) is 42.7 Å². The molecule has 0 amide bonds. The molecule has 0 aliphatic rings. The fourth-order valence-electron chi connectivity index (χ4n) is 2.53. The van der Waals surface area contributed by atoms with Crippen LogP contribution in [0.4, 0.5) is 5.69 Å². The van der Waals surface area contributed by atoms with Crippen molar-refractivity contribution in [1.82, 2.24) is 9.55 Å². The topological polar surface area (TPSA) is 22.2 Å². The van der Waals surface area contributed by atoms with Crippen molar-refractivity contribution < 1.29 is 31.1 Å². The van der Waals surface area contributed by atoms with Crippen LogP contribution in [-0.2, 0) is 25.5 Å². The van der Waals surface area contributed by atoms with Crippen LogP contribution in [0.5, 0.6) is 0 Å². The summed E-state index contributed by atoms with van der Waals surface area (Å²) in [5.74, 6) is -0.0324. The van der Waals surface area contributed by atoms with Gasteiger partial charge in [0.2, 0.25) is 0 Å². The zero-order chi connectivity index (χ0) is 24.9. The first-order chi connectivity index (χ1) is 15.1. The van der Waals surface area contributed by atoms with E-state index in [1.807, 2.05) is 20.8 Å². The molecule has 1 aromatic heterocycles. The largest absolute Gasteiger partial charge is 0.340 e. The Morgan fingerprint density at radius 2 is 1.92 bits per heavy atom. The van der Waals surface area contributed by atoms with E-state index in [1.165, 1.54) is 30.3 Å². The van der Waals surface area contributed by atoms with Gasteiger partial charge in [0, 0.05) is 46.4 Å². The Morgan fingerprint density at radius 3 is 2.50 bits per heavy atom. The SMILES string of the molecule is [2H]c1nc(-c2[c-]ccc([N+]#[C-])c2)n(-c2c(C([2H])([2H])[2H])cc(C(C)(C)C)cc2C([2H])([2H])[2H])c1[2H].[Ir]. The monoisotopic (exact) mass is 529 g/mol. The average molecular weight is 529 g/mol. The molecular formula is C22H22IrN3-. The number of rotatable bonds is 2. The van der Waals surface area contributed by atoms with Gasteiger partial charge in [-0.3, -0.25) is 9.83 Å². The van der Waals surface area contributed by atoms with Gasteiger partial charge in [-0.1, -0.05) is 32.9 Å². The van der Waals surface area contributed by atoms with Gasteiger partial charge in [-0.05, 0) is 35.8 Å². The molecule has 135 valence electrons. The third-order valence-corrected chi connectivity index (χ3v) is 3.89. The summed E-state index contributed by atoms with van der Waals surface area (Å²) in [6, 6.07) is 10.2. The molecular weight excluding hydrogens is 498 g/mol. The van der Waals surface area contributed by atoms with E-state index in [0.29, 0.717) is 5.56 Å². The van der Waals surface area contributed by atoms with Crippen LogP contribution in [-0.4, -0.2) is 9.55 Å². The first-order valence-electron chi connectivity index (χ1n) is 11.7. The minimum atomic E-state index is -2.71. The van der Waals surface area contributed by atoms with Crippen LogP contribution in [0.3, 0.4) is 0 Å². The summed E-state index contributed by atoms with van der Waals surface area (Å²) in [7, 11) is 0. The molecule has 0 fully saturated rings. The number of imidazole rings is 1. The molecule has 0 N–H and O–H groups in total. The van der Waals surface area contributed by atoms with Crippen LogP contribution in [0.1, 0.15) is 48.4 Å². The van der Waals surface area contributed by atoms with Gasteiger partial charge in [-0.2, -0.15) is 6.07 Å². The summed E-state index contributed by atoms with van der Waals surface area (Å²) in [5, 5.41) is 0. The van der Waals surface area contributed by atoms with E-state index in [-0.39, 0.29) is 54.0 Å². The summed E-state index contributed by atoms with van der Waals surface area (Å²) in [6.45, 7) is 7.36. The Balaban J connectivity index is 0.00000408. The van der Waals surface area contributed by atoms with Gasteiger partial charge in [0.1, 0.15) is 5.69 Å². The molecule has 0 bridgehead atoms. The van der Waals surface area contributed by atoms with Gasteiger partial charge in [0.15, 0.2) is 0 Å². The molecule has 26 heavy (non-hydrogen) atoms. The normalized spacial score (nSPS) is 16.4. The molecule has 4 heteroatoms. The Bertz CT molecular complexity index is 1230. The number of hydrogen-bond donors (Lipinski definition) is 0. The van der Waals surface area contributed by atoms with Crippen LogP contribution in [0, 0.1) is 26.3 Å². The molecule has 3 nitrogen and oxygen atoms in total. The molecule has 0 saturated carbocycles. The number of aromatic nitrogens is 2. The Morgan fingerprint density at radius 1 is 1.23 bits per heavy atom. The van der Waals surface area contributed by atoms with Gasteiger partial charge in [0.05, 0.1) is 15.1 Å². The van der Waals surface area contributed by atoms with Crippen molar-refractivity contribution in [2.45, 2.75) is 39.9 Å². The molecule has 3 aromatic rings. The summed E-state index contributed by atoms with van der Waals surface area (Å²) in [5.41, 5.74) is -0.266. The molecule has 3 rings (SSSR count). The van der Waals surface area contributed by atoms with Gasteiger partial charge in [0.25, 0.3) is 0 Å². The Kier molecular flexibility index (Phi) is 3.35. The van der Waals surface area contributed by atoms with Crippen molar-refractivity contribution in [2.75, 3.05) is 0 Å². The van der Waals surface area contributed by atoms with Crippen LogP contribution in [0.25, 0.3) is 21.9 Å². The maximum Gasteiger partial charge on any atom is 0.109 e. The summed E-state index contributed by atoms with van der Waals surface area (Å²) in [4.78, 5) is 7.45. The third-order valence-electron chi connectivity index (χ3n) is 3.89. The zero-order valence-electron chi connectivity index (χ0n) is 22.6. The molecule has 1 radical (unpaired) electrons. The van der Waals surface area contributed by atoms with Crippen molar-refractivity contribution in [3.05, 3.63) is 76.9 Å². The number of nitrogens with zero attached hydrogens (tertiary/aromatic N) is 3. The minimum absolute atomic E-state index is 0. The molecule has 0 spiro atoms. The maximum atomic E-state index is 8.45. The number of hydrogen-bond acceptors (Lipinski definition) is 1. The Hall–Kier alpha value is -2.21. The van der Waals surface area contributed by atoms with E-state index in [4.69, 9.17) is 17.5 Å². The number of aryl methyl sites for hydroxylation is 2. The quantitative estimate of drug-likeness (QED) is 0.385. The smallest absolute Gasteiger partial charge is 0.109 e. The van der Waals surface area contributed by atoms with E-state index in [0.717, 1.165) is 4.57 Å². The van der Waals surface area contributed by atoms with Crippen molar-refractivity contribution in [3.63, 3.8) is 0 Å². The molecule has 0 atom stereocenters. The molecule has 1 heterocycles. The Labute approximate surface area is 180 Å². The minimum Gasteiger partial charge on any atom is -0.340 e. The first kappa shape index (κ1) is 11.5. The van der Waals surface area contributed by atoms with Crippen molar-refractivity contribution in [2.24, 2.45) is 0 Å². The summed E-state index contributed by atoms with van der Waals surface area (Å²) in [6.07, 6.45) is -0.925. The van der Waals surface area contributed by atoms with Crippen LogP contribution < -0.4 is 0 Å². The van der Waals surface area contributed by atoms with E-state index in [9.17, 15) is 0 Å². The van der Waals surface area contributed by atoms with Gasteiger partial charge >= 0.3 is 0 Å². The fraction of sp³-hybridized carbons (Fsp3) is 0.273. The zero-order valence-corrected chi connectivity index (χ0v) is 17.0. The van der Waals surface area contributed by atoms with Gasteiger partial charge in [-0.25, -0.2) is 0 Å². The van der Waals surface area contributed by atoms with Crippen molar-refractivity contribution in [1.29, 1.82) is 0 Å². The average Bonchev–Trinajstić information content (AvgIpc) is 2.99. The second kappa shape index (κ2) is 7.58. The summed E-state index contributed by atoms with van der Waals surface area (Å²) < 4.78 is 66.5. The predicted octanol–water partition coefficient (Wildman–Crippen LogP) is 5.80. The van der Waals surface area contributed by atoms with Gasteiger partial charge < -0.3 is 4.57 Å². The molecule has 0 unspecified atom stereocenters. The van der Waals surface area contributed by atoms with Gasteiger partial charge in [-0.15, -0.1) is 23.8 Å². The molecule has 0 aliphatic heterocycles. The predicted molar refractivity (Wildman–Crippen MR) is 102 cm³/mol. The standard InChI is InChI=1S/C22H22N3.Ir/c1-15-12-18(22(3,4)5)13-16(2)20(15)25-11-10-24-21(25)17-8-7-9-19(14-17)23-6;/h7,9-14H,1-5H3;/q-1;/i1D3,2D3,10D,11D;. The van der Waals surface area contributed by atoms with E-state index in [1.54, 1.807) is 0 Å². The second-order valence-electron chi connectivity index (χ2n) is 6.74. The first-order valence-corrected chi connectivity index (χ1v) is 7.71. The third kappa shape index (κ3) is 3.80. The van der Waals surface area contributed by atoms with Crippen molar-refractivity contribution >= 4 is 5.69 Å². The van der Waals surface area contributed by atoms with E-state index < -0.39 is 31.5 Å². The van der Waals surface area contributed by atoms with Crippen LogP contribution in [0.2, 0.25) is 0 Å². The molecule has 0 aliphatic carbocycles.